The molecule has 1 rings (SSSR count). The fraction of sp³-hybridized carbons (Fsp3) is 0.308. The summed E-state index contributed by atoms with van der Waals surface area (Å²) < 4.78 is 4.62. The van der Waals surface area contributed by atoms with Gasteiger partial charge in [0.2, 0.25) is 5.91 Å². The molecule has 0 aliphatic heterocycles. The highest BCUT2D eigenvalue weighted by Crippen LogP contribution is 2.08. The third-order valence-corrected chi connectivity index (χ3v) is 2.36. The van der Waals surface area contributed by atoms with Crippen LogP contribution in [-0.4, -0.2) is 25.0 Å². The molecule has 5 nitrogen and oxygen atoms in total. The van der Waals surface area contributed by atoms with Gasteiger partial charge in [0.25, 0.3) is 0 Å². The molecule has 0 spiro atoms. The Morgan fingerprint density at radius 3 is 2.78 bits per heavy atom. The lowest BCUT2D eigenvalue weighted by Crippen LogP contribution is -2.41. The van der Waals surface area contributed by atoms with E-state index in [-0.39, 0.29) is 5.91 Å². The second-order valence-electron chi connectivity index (χ2n) is 3.79. The monoisotopic (exact) mass is 246 g/mol. The molecule has 1 N–H and O–H groups in total. The van der Waals surface area contributed by atoms with Crippen molar-refractivity contribution in [1.82, 2.24) is 5.32 Å². The van der Waals surface area contributed by atoms with E-state index < -0.39 is 12.0 Å². The Labute approximate surface area is 105 Å². The molecule has 0 saturated carbocycles. The molecule has 0 radical (unpaired) electrons. The van der Waals surface area contributed by atoms with E-state index in [9.17, 15) is 9.59 Å². The Morgan fingerprint density at radius 1 is 1.50 bits per heavy atom. The van der Waals surface area contributed by atoms with E-state index in [4.69, 9.17) is 5.26 Å². The molecule has 1 aromatic rings. The van der Waals surface area contributed by atoms with E-state index in [1.807, 2.05) is 6.07 Å². The number of rotatable bonds is 4. The molecule has 0 aliphatic rings. The first-order chi connectivity index (χ1) is 8.56. The van der Waals surface area contributed by atoms with Crippen molar-refractivity contribution in [2.24, 2.45) is 0 Å². The summed E-state index contributed by atoms with van der Waals surface area (Å²) in [6.07, 6.45) is 0.293. The second-order valence-corrected chi connectivity index (χ2v) is 3.79. The predicted molar refractivity (Wildman–Crippen MR) is 64.5 cm³/mol. The van der Waals surface area contributed by atoms with Crippen LogP contribution in [0.4, 0.5) is 0 Å². The van der Waals surface area contributed by atoms with E-state index in [2.05, 4.69) is 10.1 Å². The Hall–Kier alpha value is -2.35. The summed E-state index contributed by atoms with van der Waals surface area (Å²) >= 11 is 0. The minimum Gasteiger partial charge on any atom is -0.467 e. The molecule has 0 saturated heterocycles. The zero-order valence-corrected chi connectivity index (χ0v) is 10.3. The van der Waals surface area contributed by atoms with Crippen LogP contribution in [0.15, 0.2) is 24.3 Å². The Balaban J connectivity index is 2.85. The number of methoxy groups -OCH3 is 1. The minimum atomic E-state index is -0.735. The molecule has 0 aromatic heterocycles. The van der Waals surface area contributed by atoms with E-state index in [1.54, 1.807) is 24.3 Å². The van der Waals surface area contributed by atoms with Gasteiger partial charge in [-0.1, -0.05) is 12.1 Å². The van der Waals surface area contributed by atoms with E-state index in [1.165, 1.54) is 14.0 Å². The van der Waals surface area contributed by atoms with Crippen molar-refractivity contribution in [3.05, 3.63) is 35.4 Å². The number of nitriles is 1. The van der Waals surface area contributed by atoms with Crippen LogP contribution in [0.2, 0.25) is 0 Å². The first kappa shape index (κ1) is 13.7. The molecule has 0 heterocycles. The van der Waals surface area contributed by atoms with Gasteiger partial charge in [0.05, 0.1) is 18.7 Å². The SMILES string of the molecule is COC(=O)[C@H](Cc1cccc(C#N)c1)NC(C)=O. The second kappa shape index (κ2) is 6.40. The number of amides is 1. The molecule has 1 atom stereocenters. The highest BCUT2D eigenvalue weighted by Gasteiger charge is 2.20. The Morgan fingerprint density at radius 2 is 2.22 bits per heavy atom. The summed E-state index contributed by atoms with van der Waals surface area (Å²) in [5, 5.41) is 11.3. The number of carbonyl (C=O) groups excluding carboxylic acids is 2. The number of hydrogen-bond acceptors (Lipinski definition) is 4. The lowest BCUT2D eigenvalue weighted by atomic mass is 10.0. The van der Waals surface area contributed by atoms with Gasteiger partial charge < -0.3 is 10.1 Å². The van der Waals surface area contributed by atoms with Gasteiger partial charge in [-0.3, -0.25) is 4.79 Å². The number of benzene rings is 1. The maximum Gasteiger partial charge on any atom is 0.328 e. The Bertz CT molecular complexity index is 491. The first-order valence-electron chi connectivity index (χ1n) is 5.40. The quantitative estimate of drug-likeness (QED) is 0.796. The summed E-state index contributed by atoms with van der Waals surface area (Å²) in [5.74, 6) is -0.811. The van der Waals surface area contributed by atoms with Crippen molar-refractivity contribution in [2.75, 3.05) is 7.11 Å². The third kappa shape index (κ3) is 3.91. The summed E-state index contributed by atoms with van der Waals surface area (Å²) in [5.41, 5.74) is 1.30. The van der Waals surface area contributed by atoms with Gasteiger partial charge in [0.1, 0.15) is 6.04 Å². The number of nitrogens with one attached hydrogen (secondary N) is 1. The molecular formula is C13H14N2O3. The molecule has 94 valence electrons. The van der Waals surface area contributed by atoms with Crippen LogP contribution in [0, 0.1) is 11.3 Å². The molecule has 5 heteroatoms. The summed E-state index contributed by atoms with van der Waals surface area (Å²) in [6.45, 7) is 1.33. The minimum absolute atomic E-state index is 0.293. The van der Waals surface area contributed by atoms with Gasteiger partial charge in [0, 0.05) is 13.3 Å². The number of esters is 1. The molecular weight excluding hydrogens is 232 g/mol. The fourth-order valence-corrected chi connectivity index (χ4v) is 1.58. The zero-order chi connectivity index (χ0) is 13.5. The zero-order valence-electron chi connectivity index (χ0n) is 10.3. The fourth-order valence-electron chi connectivity index (χ4n) is 1.58. The molecule has 0 aliphatic carbocycles. The predicted octanol–water partition coefficient (Wildman–Crippen LogP) is 0.778. The van der Waals surface area contributed by atoms with Crippen LogP contribution in [0.3, 0.4) is 0 Å². The van der Waals surface area contributed by atoms with Gasteiger partial charge in [-0.25, -0.2) is 4.79 Å². The number of ether oxygens (including phenoxy) is 1. The van der Waals surface area contributed by atoms with Crippen LogP contribution >= 0.6 is 0 Å². The molecule has 18 heavy (non-hydrogen) atoms. The maximum atomic E-state index is 11.5. The smallest absolute Gasteiger partial charge is 0.328 e. The average Bonchev–Trinajstić information content (AvgIpc) is 2.36. The average molecular weight is 246 g/mol. The van der Waals surface area contributed by atoms with Gasteiger partial charge in [-0.2, -0.15) is 5.26 Å². The number of carbonyl (C=O) groups is 2. The van der Waals surface area contributed by atoms with Crippen molar-refractivity contribution in [2.45, 2.75) is 19.4 Å². The van der Waals surface area contributed by atoms with Crippen molar-refractivity contribution >= 4 is 11.9 Å². The van der Waals surface area contributed by atoms with Crippen LogP contribution < -0.4 is 5.32 Å². The molecule has 0 fully saturated rings. The summed E-state index contributed by atoms with van der Waals surface area (Å²) in [6, 6.07) is 8.16. The highest BCUT2D eigenvalue weighted by molar-refractivity contribution is 5.83. The van der Waals surface area contributed by atoms with Crippen molar-refractivity contribution in [1.29, 1.82) is 5.26 Å². The summed E-state index contributed by atoms with van der Waals surface area (Å²) in [4.78, 5) is 22.5. The van der Waals surface area contributed by atoms with Crippen LogP contribution in [0.25, 0.3) is 0 Å². The van der Waals surface area contributed by atoms with E-state index in [0.29, 0.717) is 12.0 Å². The lowest BCUT2D eigenvalue weighted by Gasteiger charge is -2.15. The van der Waals surface area contributed by atoms with Gasteiger partial charge in [0.15, 0.2) is 0 Å². The number of nitrogens with zero attached hydrogens (tertiary/aromatic N) is 1. The van der Waals surface area contributed by atoms with Crippen LogP contribution in [0.1, 0.15) is 18.1 Å². The van der Waals surface area contributed by atoms with Crippen molar-refractivity contribution in [3.63, 3.8) is 0 Å². The highest BCUT2D eigenvalue weighted by atomic mass is 16.5. The van der Waals surface area contributed by atoms with Crippen LogP contribution in [-0.2, 0) is 20.7 Å². The Kier molecular flexibility index (Phi) is 4.88. The number of hydrogen-bond donors (Lipinski definition) is 1. The normalized spacial score (nSPS) is 11.2. The maximum absolute atomic E-state index is 11.5. The van der Waals surface area contributed by atoms with Gasteiger partial charge in [-0.05, 0) is 17.7 Å². The molecule has 1 amide bonds. The topological polar surface area (TPSA) is 79.2 Å². The standard InChI is InChI=1S/C13H14N2O3/c1-9(16)15-12(13(17)18-2)7-10-4-3-5-11(6-10)8-14/h3-6,12H,7H2,1-2H3,(H,15,16)/t12-/m0/s1. The molecule has 0 bridgehead atoms. The van der Waals surface area contributed by atoms with Crippen molar-refractivity contribution in [3.8, 4) is 6.07 Å². The largest absolute Gasteiger partial charge is 0.467 e. The van der Waals surface area contributed by atoms with E-state index in [0.717, 1.165) is 5.56 Å². The van der Waals surface area contributed by atoms with E-state index >= 15 is 0 Å². The van der Waals surface area contributed by atoms with Crippen molar-refractivity contribution < 1.29 is 14.3 Å². The summed E-state index contributed by atoms with van der Waals surface area (Å²) in [7, 11) is 1.27. The van der Waals surface area contributed by atoms with Crippen LogP contribution in [0.5, 0.6) is 0 Å². The molecule has 0 unspecified atom stereocenters. The lowest BCUT2D eigenvalue weighted by molar-refractivity contribution is -0.144. The van der Waals surface area contributed by atoms with Gasteiger partial charge in [-0.15, -0.1) is 0 Å². The third-order valence-electron chi connectivity index (χ3n) is 2.36. The van der Waals surface area contributed by atoms with Gasteiger partial charge >= 0.3 is 5.97 Å². The first-order valence-corrected chi connectivity index (χ1v) is 5.40. The molecule has 1 aromatic carbocycles.